The Morgan fingerprint density at radius 1 is 1.27 bits per heavy atom. The van der Waals surface area contributed by atoms with Crippen molar-refractivity contribution in [2.45, 2.75) is 11.5 Å². The van der Waals surface area contributed by atoms with Crippen molar-refractivity contribution in [1.82, 2.24) is 0 Å². The fourth-order valence-electron chi connectivity index (χ4n) is 0.974. The summed E-state index contributed by atoms with van der Waals surface area (Å²) >= 11 is 6.32. The number of rotatable bonds is 3. The van der Waals surface area contributed by atoms with Crippen molar-refractivity contribution >= 4 is 31.9 Å². The van der Waals surface area contributed by atoms with E-state index in [1.54, 1.807) is 18.2 Å². The molecule has 0 heterocycles. The Labute approximate surface area is 102 Å². The minimum Gasteiger partial charge on any atom is -0.483 e. The third-order valence-electron chi connectivity index (χ3n) is 1.57. The van der Waals surface area contributed by atoms with Gasteiger partial charge in [-0.3, -0.25) is 0 Å². The first-order chi connectivity index (χ1) is 6.94. The molecule has 0 bridgehead atoms. The van der Waals surface area contributed by atoms with E-state index in [0.717, 1.165) is 0 Å². The first-order valence-corrected chi connectivity index (χ1v) is 5.88. The number of alkyl halides is 4. The summed E-state index contributed by atoms with van der Waals surface area (Å²) in [4.78, 5) is 0. The normalized spacial score (nSPS) is 11.5. The molecule has 84 valence electrons. The van der Waals surface area contributed by atoms with Gasteiger partial charge in [-0.2, -0.15) is 13.2 Å². The average molecular weight is 348 g/mol. The molecule has 1 aromatic carbocycles. The summed E-state index contributed by atoms with van der Waals surface area (Å²) in [5.74, 6) is 0.228. The first-order valence-electron chi connectivity index (χ1n) is 3.97. The fraction of sp³-hybridized carbons (Fsp3) is 0.333. The van der Waals surface area contributed by atoms with Crippen molar-refractivity contribution in [3.63, 3.8) is 0 Å². The molecule has 1 rings (SSSR count). The molecular formula is C9H7Br2F3O. The van der Waals surface area contributed by atoms with Gasteiger partial charge in [0.15, 0.2) is 6.61 Å². The summed E-state index contributed by atoms with van der Waals surface area (Å²) < 4.78 is 41.1. The quantitative estimate of drug-likeness (QED) is 0.741. The van der Waals surface area contributed by atoms with Gasteiger partial charge in [-0.25, -0.2) is 0 Å². The van der Waals surface area contributed by atoms with Crippen LogP contribution in [-0.2, 0) is 5.33 Å². The second-order valence-corrected chi connectivity index (χ2v) is 4.18. The van der Waals surface area contributed by atoms with Crippen LogP contribution < -0.4 is 4.74 Å². The Hall–Kier alpha value is -0.230. The molecule has 0 saturated carbocycles. The largest absolute Gasteiger partial charge is 0.483 e. The molecule has 0 aliphatic carbocycles. The SMILES string of the molecule is FC(F)(F)COc1c(Br)cccc1CBr. The monoisotopic (exact) mass is 346 g/mol. The molecule has 1 aromatic rings. The highest BCUT2D eigenvalue weighted by atomic mass is 79.9. The van der Waals surface area contributed by atoms with Crippen molar-refractivity contribution in [3.8, 4) is 5.75 Å². The number of benzene rings is 1. The molecule has 0 saturated heterocycles. The van der Waals surface area contributed by atoms with Gasteiger partial charge < -0.3 is 4.74 Å². The van der Waals surface area contributed by atoms with Gasteiger partial charge in [-0.05, 0) is 22.0 Å². The smallest absolute Gasteiger partial charge is 0.422 e. The van der Waals surface area contributed by atoms with Gasteiger partial charge >= 0.3 is 6.18 Å². The second-order valence-electron chi connectivity index (χ2n) is 2.77. The number of halogens is 5. The molecule has 0 N–H and O–H groups in total. The van der Waals surface area contributed by atoms with Crippen molar-refractivity contribution in [3.05, 3.63) is 28.2 Å². The minimum atomic E-state index is -4.32. The van der Waals surface area contributed by atoms with Gasteiger partial charge in [0.25, 0.3) is 0 Å². The fourth-order valence-corrected chi connectivity index (χ4v) is 1.94. The van der Waals surface area contributed by atoms with Gasteiger partial charge in [-0.15, -0.1) is 0 Å². The Morgan fingerprint density at radius 3 is 2.47 bits per heavy atom. The molecule has 15 heavy (non-hydrogen) atoms. The van der Waals surface area contributed by atoms with Gasteiger partial charge in [-0.1, -0.05) is 28.1 Å². The summed E-state index contributed by atoms with van der Waals surface area (Å²) in [6.45, 7) is -1.28. The number of hydrogen-bond acceptors (Lipinski definition) is 1. The van der Waals surface area contributed by atoms with Crippen LogP contribution in [0.25, 0.3) is 0 Å². The van der Waals surface area contributed by atoms with Crippen LogP contribution in [0.5, 0.6) is 5.75 Å². The third kappa shape index (κ3) is 4.03. The predicted molar refractivity (Wildman–Crippen MR) is 58.3 cm³/mol. The predicted octanol–water partition coefficient (Wildman–Crippen LogP) is 4.29. The van der Waals surface area contributed by atoms with Crippen molar-refractivity contribution in [2.24, 2.45) is 0 Å². The molecule has 0 aromatic heterocycles. The standard InChI is InChI=1S/C9H7Br2F3O/c10-4-6-2-1-3-7(11)8(6)15-5-9(12,13)14/h1-3H,4-5H2. The van der Waals surface area contributed by atoms with Gasteiger partial charge in [0.2, 0.25) is 0 Å². The van der Waals surface area contributed by atoms with E-state index in [-0.39, 0.29) is 5.75 Å². The number of hydrogen-bond donors (Lipinski definition) is 0. The van der Waals surface area contributed by atoms with Crippen LogP contribution in [0.4, 0.5) is 13.2 Å². The lowest BCUT2D eigenvalue weighted by Crippen LogP contribution is -2.19. The van der Waals surface area contributed by atoms with Crippen LogP contribution in [0.2, 0.25) is 0 Å². The van der Waals surface area contributed by atoms with E-state index in [2.05, 4.69) is 31.9 Å². The van der Waals surface area contributed by atoms with Crippen LogP contribution in [0.3, 0.4) is 0 Å². The number of ether oxygens (including phenoxy) is 1. The van der Waals surface area contributed by atoms with Gasteiger partial charge in [0, 0.05) is 10.9 Å². The zero-order valence-corrected chi connectivity index (χ0v) is 10.6. The molecule has 0 spiro atoms. The molecule has 0 aliphatic rings. The molecule has 0 radical (unpaired) electrons. The lowest BCUT2D eigenvalue weighted by Gasteiger charge is -2.13. The van der Waals surface area contributed by atoms with E-state index in [1.807, 2.05) is 0 Å². The zero-order chi connectivity index (χ0) is 11.5. The molecule has 6 heteroatoms. The zero-order valence-electron chi connectivity index (χ0n) is 7.44. The van der Waals surface area contributed by atoms with Crippen molar-refractivity contribution in [1.29, 1.82) is 0 Å². The van der Waals surface area contributed by atoms with Crippen LogP contribution in [0, 0.1) is 0 Å². The van der Waals surface area contributed by atoms with Gasteiger partial charge in [0.1, 0.15) is 5.75 Å². The van der Waals surface area contributed by atoms with Gasteiger partial charge in [0.05, 0.1) is 4.47 Å². The lowest BCUT2D eigenvalue weighted by atomic mass is 10.2. The average Bonchev–Trinajstić information content (AvgIpc) is 2.14. The second kappa shape index (κ2) is 5.21. The number of para-hydroxylation sites is 1. The summed E-state index contributed by atoms with van der Waals surface area (Å²) in [6.07, 6.45) is -4.32. The van der Waals surface area contributed by atoms with Crippen molar-refractivity contribution in [2.75, 3.05) is 6.61 Å². The Morgan fingerprint density at radius 2 is 1.93 bits per heavy atom. The molecule has 0 atom stereocenters. The lowest BCUT2D eigenvalue weighted by molar-refractivity contribution is -0.153. The van der Waals surface area contributed by atoms with E-state index in [9.17, 15) is 13.2 Å². The van der Waals surface area contributed by atoms with E-state index in [4.69, 9.17) is 4.74 Å². The Balaban J connectivity index is 2.83. The summed E-state index contributed by atoms with van der Waals surface area (Å²) in [5, 5.41) is 0.444. The molecule has 1 nitrogen and oxygen atoms in total. The Kier molecular flexibility index (Phi) is 4.45. The minimum absolute atomic E-state index is 0.228. The van der Waals surface area contributed by atoms with Crippen LogP contribution in [-0.4, -0.2) is 12.8 Å². The van der Waals surface area contributed by atoms with E-state index >= 15 is 0 Å². The van der Waals surface area contributed by atoms with Crippen molar-refractivity contribution < 1.29 is 17.9 Å². The van der Waals surface area contributed by atoms with Crippen LogP contribution in [0.15, 0.2) is 22.7 Å². The van der Waals surface area contributed by atoms with E-state index < -0.39 is 12.8 Å². The maximum atomic E-state index is 12.0. The molecule has 0 amide bonds. The molecule has 0 unspecified atom stereocenters. The van der Waals surface area contributed by atoms with Crippen LogP contribution >= 0.6 is 31.9 Å². The molecular weight excluding hydrogens is 341 g/mol. The molecule has 0 fully saturated rings. The highest BCUT2D eigenvalue weighted by molar-refractivity contribution is 9.10. The topological polar surface area (TPSA) is 9.23 Å². The highest BCUT2D eigenvalue weighted by Crippen LogP contribution is 2.31. The maximum Gasteiger partial charge on any atom is 0.422 e. The summed E-state index contributed by atoms with van der Waals surface area (Å²) in [6, 6.07) is 5.07. The van der Waals surface area contributed by atoms with Crippen LogP contribution in [0.1, 0.15) is 5.56 Å². The Bertz CT molecular complexity index is 339. The first kappa shape index (κ1) is 12.8. The summed E-state index contributed by atoms with van der Waals surface area (Å²) in [7, 11) is 0. The van der Waals surface area contributed by atoms with E-state index in [0.29, 0.717) is 15.4 Å². The molecule has 0 aliphatic heterocycles. The van der Waals surface area contributed by atoms with E-state index in [1.165, 1.54) is 0 Å². The third-order valence-corrected chi connectivity index (χ3v) is 2.80. The highest BCUT2D eigenvalue weighted by Gasteiger charge is 2.29. The maximum absolute atomic E-state index is 12.0. The summed E-state index contributed by atoms with van der Waals surface area (Å²) in [5.41, 5.74) is 0.675.